The van der Waals surface area contributed by atoms with E-state index in [2.05, 4.69) is 6.58 Å². The van der Waals surface area contributed by atoms with Crippen LogP contribution in [-0.4, -0.2) is 31.4 Å². The molecule has 1 amide bonds. The van der Waals surface area contributed by atoms with Crippen molar-refractivity contribution in [1.82, 2.24) is 4.90 Å². The van der Waals surface area contributed by atoms with Gasteiger partial charge >= 0.3 is 0 Å². The molecule has 0 atom stereocenters. The maximum atomic E-state index is 11.6. The van der Waals surface area contributed by atoms with E-state index >= 15 is 0 Å². The second-order valence-corrected chi connectivity index (χ2v) is 3.92. The summed E-state index contributed by atoms with van der Waals surface area (Å²) < 4.78 is 0. The van der Waals surface area contributed by atoms with E-state index in [0.29, 0.717) is 12.1 Å². The quantitative estimate of drug-likeness (QED) is 0.837. The van der Waals surface area contributed by atoms with Crippen molar-refractivity contribution in [3.05, 3.63) is 42.0 Å². The third kappa shape index (κ3) is 2.94. The van der Waals surface area contributed by atoms with E-state index in [0.717, 1.165) is 17.6 Å². The Bertz CT molecular complexity index is 379. The molecule has 86 valence electrons. The van der Waals surface area contributed by atoms with E-state index < -0.39 is 0 Å². The zero-order valence-electron chi connectivity index (χ0n) is 9.86. The van der Waals surface area contributed by atoms with Gasteiger partial charge in [0.15, 0.2) is 0 Å². The first-order chi connectivity index (χ1) is 7.56. The number of nitrogens with zero attached hydrogens (tertiary/aromatic N) is 1. The Morgan fingerprint density at radius 3 is 2.19 bits per heavy atom. The van der Waals surface area contributed by atoms with Gasteiger partial charge in [-0.15, -0.1) is 0 Å². The van der Waals surface area contributed by atoms with Crippen LogP contribution < -0.4 is 5.73 Å². The predicted molar refractivity (Wildman–Crippen MR) is 67.2 cm³/mol. The average molecular weight is 218 g/mol. The van der Waals surface area contributed by atoms with Crippen LogP contribution in [0, 0.1) is 0 Å². The second kappa shape index (κ2) is 5.47. The van der Waals surface area contributed by atoms with E-state index in [-0.39, 0.29) is 5.91 Å². The van der Waals surface area contributed by atoms with Crippen LogP contribution in [0.25, 0.3) is 5.57 Å². The molecule has 1 aromatic rings. The summed E-state index contributed by atoms with van der Waals surface area (Å²) >= 11 is 0. The van der Waals surface area contributed by atoms with Gasteiger partial charge in [0.1, 0.15) is 0 Å². The lowest BCUT2D eigenvalue weighted by molar-refractivity contribution is 0.0827. The van der Waals surface area contributed by atoms with Gasteiger partial charge in [-0.2, -0.15) is 0 Å². The molecular formula is C13H18N2O. The maximum Gasteiger partial charge on any atom is 0.253 e. The number of rotatable bonds is 4. The van der Waals surface area contributed by atoms with Crippen molar-refractivity contribution in [3.8, 4) is 0 Å². The lowest BCUT2D eigenvalue weighted by Crippen LogP contribution is -2.21. The van der Waals surface area contributed by atoms with E-state index in [4.69, 9.17) is 5.73 Å². The maximum absolute atomic E-state index is 11.6. The first kappa shape index (κ1) is 12.5. The Morgan fingerprint density at radius 1 is 1.25 bits per heavy atom. The normalized spacial score (nSPS) is 9.94. The Labute approximate surface area is 96.6 Å². The molecule has 0 aromatic heterocycles. The van der Waals surface area contributed by atoms with E-state index in [1.165, 1.54) is 0 Å². The van der Waals surface area contributed by atoms with Gasteiger partial charge in [-0.05, 0) is 36.2 Å². The molecule has 0 aliphatic heterocycles. The van der Waals surface area contributed by atoms with Crippen LogP contribution in [0.5, 0.6) is 0 Å². The number of carbonyl (C=O) groups excluding carboxylic acids is 1. The van der Waals surface area contributed by atoms with Crippen molar-refractivity contribution >= 4 is 11.5 Å². The van der Waals surface area contributed by atoms with Crippen molar-refractivity contribution in [2.45, 2.75) is 6.42 Å². The highest BCUT2D eigenvalue weighted by atomic mass is 16.2. The average Bonchev–Trinajstić information content (AvgIpc) is 2.28. The molecule has 0 spiro atoms. The minimum Gasteiger partial charge on any atom is -0.345 e. The molecule has 1 aromatic carbocycles. The molecule has 0 radical (unpaired) electrons. The van der Waals surface area contributed by atoms with Gasteiger partial charge in [-0.25, -0.2) is 0 Å². The minimum atomic E-state index is 0.0102. The second-order valence-electron chi connectivity index (χ2n) is 3.92. The summed E-state index contributed by atoms with van der Waals surface area (Å²) in [5, 5.41) is 0. The molecule has 0 heterocycles. The number of hydrogen-bond donors (Lipinski definition) is 1. The van der Waals surface area contributed by atoms with Gasteiger partial charge in [-0.3, -0.25) is 4.79 Å². The van der Waals surface area contributed by atoms with Crippen LogP contribution in [0.2, 0.25) is 0 Å². The monoisotopic (exact) mass is 218 g/mol. The smallest absolute Gasteiger partial charge is 0.253 e. The zero-order chi connectivity index (χ0) is 12.1. The van der Waals surface area contributed by atoms with Gasteiger partial charge in [0, 0.05) is 19.7 Å². The van der Waals surface area contributed by atoms with Crippen LogP contribution in [0.4, 0.5) is 0 Å². The molecule has 3 nitrogen and oxygen atoms in total. The van der Waals surface area contributed by atoms with Crippen LogP contribution >= 0.6 is 0 Å². The highest BCUT2D eigenvalue weighted by Gasteiger charge is 2.07. The van der Waals surface area contributed by atoms with Gasteiger partial charge in [-0.1, -0.05) is 18.7 Å². The summed E-state index contributed by atoms with van der Waals surface area (Å²) in [6, 6.07) is 7.46. The number of carbonyl (C=O) groups is 1. The highest BCUT2D eigenvalue weighted by molar-refractivity contribution is 5.94. The molecule has 0 aliphatic rings. The Morgan fingerprint density at radius 2 is 1.75 bits per heavy atom. The molecule has 1 rings (SSSR count). The molecular weight excluding hydrogens is 200 g/mol. The molecule has 2 N–H and O–H groups in total. The van der Waals surface area contributed by atoms with Crippen LogP contribution in [-0.2, 0) is 0 Å². The Hall–Kier alpha value is -1.61. The van der Waals surface area contributed by atoms with Crippen LogP contribution in [0.15, 0.2) is 30.8 Å². The largest absolute Gasteiger partial charge is 0.345 e. The molecule has 0 aliphatic carbocycles. The first-order valence-electron chi connectivity index (χ1n) is 5.26. The summed E-state index contributed by atoms with van der Waals surface area (Å²) in [6.07, 6.45) is 0.779. The first-order valence-corrected chi connectivity index (χ1v) is 5.26. The number of benzene rings is 1. The lowest BCUT2D eigenvalue weighted by atomic mass is 10.0. The third-order valence-electron chi connectivity index (χ3n) is 2.39. The van der Waals surface area contributed by atoms with Crippen molar-refractivity contribution in [2.75, 3.05) is 20.6 Å². The summed E-state index contributed by atoms with van der Waals surface area (Å²) in [5.74, 6) is 0.0102. The highest BCUT2D eigenvalue weighted by Crippen LogP contribution is 2.16. The Kier molecular flexibility index (Phi) is 4.26. The SMILES string of the molecule is C=C(CCN)c1ccc(C(=O)N(C)C)cc1. The molecule has 0 saturated heterocycles. The van der Waals surface area contributed by atoms with Crippen LogP contribution in [0.1, 0.15) is 22.3 Å². The number of nitrogens with two attached hydrogens (primary N) is 1. The van der Waals surface area contributed by atoms with E-state index in [9.17, 15) is 4.79 Å². The van der Waals surface area contributed by atoms with Crippen molar-refractivity contribution in [1.29, 1.82) is 0 Å². The summed E-state index contributed by atoms with van der Waals surface area (Å²) in [6.45, 7) is 4.54. The topological polar surface area (TPSA) is 46.3 Å². The molecule has 16 heavy (non-hydrogen) atoms. The molecule has 0 bridgehead atoms. The summed E-state index contributed by atoms with van der Waals surface area (Å²) in [4.78, 5) is 13.2. The summed E-state index contributed by atoms with van der Waals surface area (Å²) in [7, 11) is 3.48. The molecule has 0 saturated carbocycles. The van der Waals surface area contributed by atoms with Gasteiger partial charge in [0.2, 0.25) is 0 Å². The van der Waals surface area contributed by atoms with Gasteiger partial charge < -0.3 is 10.6 Å². The fourth-order valence-corrected chi connectivity index (χ4v) is 1.43. The minimum absolute atomic E-state index is 0.0102. The standard InChI is InChI=1S/C13H18N2O/c1-10(8-9-14)11-4-6-12(7-5-11)13(16)15(2)3/h4-7H,1,8-9,14H2,2-3H3. The molecule has 0 unspecified atom stereocenters. The third-order valence-corrected chi connectivity index (χ3v) is 2.39. The number of hydrogen-bond acceptors (Lipinski definition) is 2. The Balaban J connectivity index is 2.83. The van der Waals surface area contributed by atoms with Gasteiger partial charge in [0.05, 0.1) is 0 Å². The van der Waals surface area contributed by atoms with Crippen molar-refractivity contribution in [2.24, 2.45) is 5.73 Å². The van der Waals surface area contributed by atoms with Crippen molar-refractivity contribution < 1.29 is 4.79 Å². The fourth-order valence-electron chi connectivity index (χ4n) is 1.43. The molecule has 3 heteroatoms. The van der Waals surface area contributed by atoms with Crippen LogP contribution in [0.3, 0.4) is 0 Å². The lowest BCUT2D eigenvalue weighted by Gasteiger charge is -2.11. The fraction of sp³-hybridized carbons (Fsp3) is 0.308. The predicted octanol–water partition coefficient (Wildman–Crippen LogP) is 1.75. The summed E-state index contributed by atoms with van der Waals surface area (Å²) in [5.41, 5.74) is 8.20. The van der Waals surface area contributed by atoms with Crippen molar-refractivity contribution in [3.63, 3.8) is 0 Å². The zero-order valence-corrected chi connectivity index (χ0v) is 9.86. The van der Waals surface area contributed by atoms with E-state index in [1.807, 2.05) is 24.3 Å². The van der Waals surface area contributed by atoms with E-state index in [1.54, 1.807) is 19.0 Å². The van der Waals surface area contributed by atoms with Gasteiger partial charge in [0.25, 0.3) is 5.91 Å². The number of amides is 1. The molecule has 0 fully saturated rings.